The highest BCUT2D eigenvalue weighted by Crippen LogP contribution is 2.18. The molecule has 0 aromatic rings. The summed E-state index contributed by atoms with van der Waals surface area (Å²) in [6, 6.07) is 0. The van der Waals surface area contributed by atoms with E-state index in [0.29, 0.717) is 12.0 Å². The average Bonchev–Trinajstić information content (AvgIpc) is 2.14. The van der Waals surface area contributed by atoms with Crippen LogP contribution < -0.4 is 5.73 Å². The molecular formula is C6H13NO. The van der Waals surface area contributed by atoms with Gasteiger partial charge in [0.25, 0.3) is 0 Å². The summed E-state index contributed by atoms with van der Waals surface area (Å²) in [5.41, 5.74) is 5.44. The first-order valence-corrected chi connectivity index (χ1v) is 3.16. The Balaban J connectivity index is 2.30. The molecule has 48 valence electrons. The highest BCUT2D eigenvalue weighted by atomic mass is 16.5. The highest BCUT2D eigenvalue weighted by Gasteiger charge is 2.21. The summed E-state index contributed by atoms with van der Waals surface area (Å²) < 4.78 is 5.28. The van der Waals surface area contributed by atoms with Crippen molar-refractivity contribution in [2.45, 2.75) is 19.4 Å². The quantitative estimate of drug-likeness (QED) is 0.536. The fourth-order valence-corrected chi connectivity index (χ4v) is 1.09. The lowest BCUT2D eigenvalue weighted by molar-refractivity contribution is 0.107. The largest absolute Gasteiger partial charge is 0.378 e. The van der Waals surface area contributed by atoms with Crippen LogP contribution in [0.25, 0.3) is 0 Å². The number of hydrogen-bond acceptors (Lipinski definition) is 2. The van der Waals surface area contributed by atoms with Gasteiger partial charge in [-0.2, -0.15) is 0 Å². The molecule has 0 aromatic carbocycles. The van der Waals surface area contributed by atoms with Gasteiger partial charge in [0.2, 0.25) is 0 Å². The first-order chi connectivity index (χ1) is 3.84. The molecule has 0 bridgehead atoms. The molecule has 1 fully saturated rings. The van der Waals surface area contributed by atoms with Crippen molar-refractivity contribution in [3.63, 3.8) is 0 Å². The molecule has 2 N–H and O–H groups in total. The zero-order valence-corrected chi connectivity index (χ0v) is 5.26. The summed E-state index contributed by atoms with van der Waals surface area (Å²) in [6.45, 7) is 3.77. The van der Waals surface area contributed by atoms with Gasteiger partial charge in [-0.25, -0.2) is 0 Å². The van der Waals surface area contributed by atoms with Crippen LogP contribution in [-0.4, -0.2) is 19.3 Å². The minimum atomic E-state index is 0.403. The van der Waals surface area contributed by atoms with Crippen molar-refractivity contribution in [2.75, 3.05) is 13.2 Å². The van der Waals surface area contributed by atoms with Gasteiger partial charge in [-0.3, -0.25) is 0 Å². The maximum Gasteiger partial charge on any atom is 0.0588 e. The van der Waals surface area contributed by atoms with Crippen molar-refractivity contribution in [1.29, 1.82) is 0 Å². The molecule has 0 spiro atoms. The van der Waals surface area contributed by atoms with Crippen LogP contribution in [0.4, 0.5) is 0 Å². The number of nitrogens with two attached hydrogens (primary N) is 1. The van der Waals surface area contributed by atoms with E-state index in [1.807, 2.05) is 0 Å². The Bertz CT molecular complexity index is 74.9. The van der Waals surface area contributed by atoms with E-state index >= 15 is 0 Å². The Morgan fingerprint density at radius 1 is 1.75 bits per heavy atom. The van der Waals surface area contributed by atoms with E-state index in [2.05, 4.69) is 6.92 Å². The smallest absolute Gasteiger partial charge is 0.0588 e. The molecule has 0 unspecified atom stereocenters. The SMILES string of the molecule is C[C@@H]1OCC[C@H]1CN. The first-order valence-electron chi connectivity index (χ1n) is 3.16. The number of rotatable bonds is 1. The van der Waals surface area contributed by atoms with Crippen LogP contribution in [0.2, 0.25) is 0 Å². The lowest BCUT2D eigenvalue weighted by Gasteiger charge is -2.08. The van der Waals surface area contributed by atoms with Crippen LogP contribution >= 0.6 is 0 Å². The monoisotopic (exact) mass is 115 g/mol. The Morgan fingerprint density at radius 2 is 2.50 bits per heavy atom. The van der Waals surface area contributed by atoms with Gasteiger partial charge < -0.3 is 10.5 Å². The van der Waals surface area contributed by atoms with Crippen molar-refractivity contribution >= 4 is 0 Å². The first kappa shape index (κ1) is 6.05. The van der Waals surface area contributed by atoms with Crippen molar-refractivity contribution in [2.24, 2.45) is 11.7 Å². The Kier molecular flexibility index (Phi) is 1.86. The molecule has 8 heavy (non-hydrogen) atoms. The van der Waals surface area contributed by atoms with Gasteiger partial charge in [0.15, 0.2) is 0 Å². The van der Waals surface area contributed by atoms with Crippen LogP contribution in [0.3, 0.4) is 0 Å². The zero-order chi connectivity index (χ0) is 5.98. The molecule has 1 rings (SSSR count). The number of hydrogen-bond donors (Lipinski definition) is 1. The van der Waals surface area contributed by atoms with E-state index in [4.69, 9.17) is 10.5 Å². The molecule has 1 aliphatic rings. The van der Waals surface area contributed by atoms with Crippen LogP contribution in [0.15, 0.2) is 0 Å². The molecule has 2 nitrogen and oxygen atoms in total. The van der Waals surface area contributed by atoms with Crippen molar-refractivity contribution in [3.8, 4) is 0 Å². The van der Waals surface area contributed by atoms with Gasteiger partial charge in [0.1, 0.15) is 0 Å². The van der Waals surface area contributed by atoms with E-state index in [9.17, 15) is 0 Å². The normalized spacial score (nSPS) is 38.2. The maximum absolute atomic E-state index is 5.44. The standard InChI is InChI=1S/C6H13NO/c1-5-6(4-7)2-3-8-5/h5-6H,2-4,7H2,1H3/t5-,6-/m0/s1. The second kappa shape index (κ2) is 2.46. The summed E-state index contributed by atoms with van der Waals surface area (Å²) in [5.74, 6) is 0.620. The van der Waals surface area contributed by atoms with Gasteiger partial charge in [0, 0.05) is 6.61 Å². The predicted molar refractivity (Wildman–Crippen MR) is 32.6 cm³/mol. The Labute approximate surface area is 50.0 Å². The molecule has 2 atom stereocenters. The molecular weight excluding hydrogens is 102 g/mol. The third kappa shape index (κ3) is 1.01. The van der Waals surface area contributed by atoms with Crippen LogP contribution in [0.5, 0.6) is 0 Å². The van der Waals surface area contributed by atoms with Gasteiger partial charge in [-0.1, -0.05) is 0 Å². The van der Waals surface area contributed by atoms with E-state index in [1.165, 1.54) is 0 Å². The van der Waals surface area contributed by atoms with Crippen molar-refractivity contribution in [1.82, 2.24) is 0 Å². The Hall–Kier alpha value is -0.0800. The molecule has 1 saturated heterocycles. The topological polar surface area (TPSA) is 35.2 Å². The van der Waals surface area contributed by atoms with E-state index in [1.54, 1.807) is 0 Å². The van der Waals surface area contributed by atoms with E-state index in [0.717, 1.165) is 19.6 Å². The summed E-state index contributed by atoms with van der Waals surface area (Å²) in [7, 11) is 0. The van der Waals surface area contributed by atoms with Crippen molar-refractivity contribution in [3.05, 3.63) is 0 Å². The van der Waals surface area contributed by atoms with Gasteiger partial charge in [-0.05, 0) is 25.8 Å². The fraction of sp³-hybridized carbons (Fsp3) is 1.00. The van der Waals surface area contributed by atoms with Gasteiger partial charge in [0.05, 0.1) is 6.10 Å². The third-order valence-corrected chi connectivity index (χ3v) is 1.84. The molecule has 0 saturated carbocycles. The zero-order valence-electron chi connectivity index (χ0n) is 5.26. The molecule has 2 heteroatoms. The van der Waals surface area contributed by atoms with Gasteiger partial charge in [-0.15, -0.1) is 0 Å². The second-order valence-electron chi connectivity index (χ2n) is 2.36. The maximum atomic E-state index is 5.44. The van der Waals surface area contributed by atoms with Crippen LogP contribution in [-0.2, 0) is 4.74 Å². The van der Waals surface area contributed by atoms with E-state index in [-0.39, 0.29) is 0 Å². The molecule has 1 aliphatic heterocycles. The fourth-order valence-electron chi connectivity index (χ4n) is 1.09. The summed E-state index contributed by atoms with van der Waals surface area (Å²) in [4.78, 5) is 0. The third-order valence-electron chi connectivity index (χ3n) is 1.84. The molecule has 0 radical (unpaired) electrons. The summed E-state index contributed by atoms with van der Waals surface area (Å²) >= 11 is 0. The molecule has 0 aromatic heterocycles. The lowest BCUT2D eigenvalue weighted by Crippen LogP contribution is -2.20. The number of ether oxygens (including phenoxy) is 1. The summed E-state index contributed by atoms with van der Waals surface area (Å²) in [6.07, 6.45) is 1.55. The molecule has 0 amide bonds. The van der Waals surface area contributed by atoms with E-state index < -0.39 is 0 Å². The van der Waals surface area contributed by atoms with Gasteiger partial charge >= 0.3 is 0 Å². The minimum absolute atomic E-state index is 0.403. The lowest BCUT2D eigenvalue weighted by atomic mass is 10.0. The van der Waals surface area contributed by atoms with Crippen LogP contribution in [0, 0.1) is 5.92 Å². The predicted octanol–water partition coefficient (Wildman–Crippen LogP) is 0.370. The summed E-state index contributed by atoms with van der Waals surface area (Å²) in [5, 5.41) is 0. The van der Waals surface area contributed by atoms with Crippen LogP contribution in [0.1, 0.15) is 13.3 Å². The van der Waals surface area contributed by atoms with Crippen molar-refractivity contribution < 1.29 is 4.74 Å². The molecule has 1 heterocycles. The second-order valence-corrected chi connectivity index (χ2v) is 2.36. The minimum Gasteiger partial charge on any atom is -0.378 e. The Morgan fingerprint density at radius 3 is 2.75 bits per heavy atom. The highest BCUT2D eigenvalue weighted by molar-refractivity contribution is 4.72. The average molecular weight is 115 g/mol. The molecule has 0 aliphatic carbocycles.